The van der Waals surface area contributed by atoms with Crippen LogP contribution in [0.5, 0.6) is 0 Å². The van der Waals surface area contributed by atoms with Crippen molar-refractivity contribution in [2.45, 2.75) is 0 Å². The first-order valence-electron chi connectivity index (χ1n) is 17.1. The van der Waals surface area contributed by atoms with Crippen molar-refractivity contribution in [3.8, 4) is 73.4 Å². The van der Waals surface area contributed by atoms with Crippen molar-refractivity contribution in [2.24, 2.45) is 0 Å². The average molecular weight is 793 g/mol. The molecule has 0 bridgehead atoms. The standard InChI is InChI=1S/C47H27IN3S/c49-28-29-9-8-12-33(21-29)44-27-43(30-10-2-1-3-11-30)50-47(51-44)36-23-34(31-17-19-42-39(25-31)37-13-4-6-15-41(37)48-42)22-35(24-36)32-18-20-46-40(26-32)38-14-5-7-16-45(38)52-46/h1-27H/q-1. The molecule has 0 atom stereocenters. The summed E-state index contributed by atoms with van der Waals surface area (Å²) in [5.41, 5.74) is 12.3. The second-order valence-corrected chi connectivity index (χ2v) is 16.8. The van der Waals surface area contributed by atoms with E-state index in [4.69, 9.17) is 9.97 Å². The number of fused-ring (bicyclic) bond motifs is 6. The molecule has 0 saturated carbocycles. The summed E-state index contributed by atoms with van der Waals surface area (Å²) >= 11 is 1.65. The summed E-state index contributed by atoms with van der Waals surface area (Å²) in [6.45, 7) is 0. The topological polar surface area (TPSA) is 49.6 Å². The molecule has 1 aliphatic heterocycles. The van der Waals surface area contributed by atoms with Crippen LogP contribution in [0, 0.1) is 18.5 Å². The molecule has 52 heavy (non-hydrogen) atoms. The van der Waals surface area contributed by atoms with Gasteiger partial charge in [0.25, 0.3) is 0 Å². The third kappa shape index (κ3) is 5.48. The van der Waals surface area contributed by atoms with Crippen LogP contribution in [0.2, 0.25) is 0 Å². The minimum atomic E-state index is -0.190. The molecule has 0 saturated heterocycles. The van der Waals surface area contributed by atoms with Gasteiger partial charge < -0.3 is 0 Å². The first-order chi connectivity index (χ1) is 25.7. The predicted molar refractivity (Wildman–Crippen MR) is 210 cm³/mol. The number of hydrogen-bond acceptors (Lipinski definition) is 4. The van der Waals surface area contributed by atoms with Crippen LogP contribution in [0.3, 0.4) is 0 Å². The Labute approximate surface area is 315 Å². The summed E-state index contributed by atoms with van der Waals surface area (Å²) < 4.78 is 5.53. The molecule has 9 aromatic rings. The Hall–Kier alpha value is -5.94. The molecule has 0 spiro atoms. The van der Waals surface area contributed by atoms with Crippen LogP contribution in [0.25, 0.3) is 87.5 Å². The van der Waals surface area contributed by atoms with Gasteiger partial charge in [-0.3, -0.25) is 0 Å². The van der Waals surface area contributed by atoms with Crippen molar-refractivity contribution in [3.63, 3.8) is 0 Å². The molecule has 0 fully saturated rings. The summed E-state index contributed by atoms with van der Waals surface area (Å²) in [7, 11) is 0. The number of benzene rings is 7. The summed E-state index contributed by atoms with van der Waals surface area (Å²) in [6, 6.07) is 60.3. The van der Waals surface area contributed by atoms with E-state index in [1.807, 2.05) is 59.9 Å². The van der Waals surface area contributed by atoms with Crippen molar-refractivity contribution < 1.29 is 21.2 Å². The Morgan fingerprint density at radius 3 is 1.98 bits per heavy atom. The van der Waals surface area contributed by atoms with Crippen LogP contribution in [-0.4, -0.2) is 9.97 Å². The first kappa shape index (κ1) is 30.8. The number of rotatable bonds is 5. The molecule has 5 heteroatoms. The molecule has 3 nitrogen and oxygen atoms in total. The fraction of sp³-hybridized carbons (Fsp3) is 0. The number of halogens is 1. The first-order valence-corrected chi connectivity index (χ1v) is 20.1. The van der Waals surface area contributed by atoms with Crippen LogP contribution in [-0.2, 0) is 0 Å². The van der Waals surface area contributed by atoms with Gasteiger partial charge in [0.2, 0.25) is 0 Å². The zero-order valence-electron chi connectivity index (χ0n) is 27.7. The molecule has 244 valence electrons. The number of nitrogens with zero attached hydrogens (tertiary/aromatic N) is 3. The summed E-state index contributed by atoms with van der Waals surface area (Å²) in [5, 5.41) is 12.2. The van der Waals surface area contributed by atoms with Crippen LogP contribution in [0.15, 0.2) is 164 Å². The molecular weight excluding hydrogens is 766 g/mol. The Morgan fingerprint density at radius 1 is 0.442 bits per heavy atom. The van der Waals surface area contributed by atoms with E-state index in [1.54, 1.807) is 0 Å². The molecule has 0 amide bonds. The molecule has 0 unspecified atom stereocenters. The van der Waals surface area contributed by atoms with Crippen molar-refractivity contribution in [2.75, 3.05) is 0 Å². The van der Waals surface area contributed by atoms with Crippen molar-refractivity contribution >= 4 is 31.5 Å². The van der Waals surface area contributed by atoms with E-state index >= 15 is 0 Å². The fourth-order valence-corrected chi connectivity index (χ4v) is 11.0. The fourth-order valence-electron chi connectivity index (χ4n) is 7.09. The van der Waals surface area contributed by atoms with Gasteiger partial charge in [-0.2, -0.15) is 5.26 Å². The summed E-state index contributed by atoms with van der Waals surface area (Å²) in [6.07, 6.45) is 0. The summed E-state index contributed by atoms with van der Waals surface area (Å²) in [4.78, 5) is 10.4. The predicted octanol–water partition coefficient (Wildman–Crippen LogP) is 9.16. The van der Waals surface area contributed by atoms with Crippen LogP contribution < -0.4 is 21.2 Å². The van der Waals surface area contributed by atoms with Gasteiger partial charge in [-0.15, -0.1) is 0 Å². The third-order valence-electron chi connectivity index (χ3n) is 9.65. The number of nitriles is 1. The maximum absolute atomic E-state index is 9.69. The van der Waals surface area contributed by atoms with Crippen molar-refractivity contribution in [1.82, 2.24) is 9.97 Å². The second-order valence-electron chi connectivity index (χ2n) is 12.9. The van der Waals surface area contributed by atoms with Gasteiger partial charge in [0.15, 0.2) is 0 Å². The quantitative estimate of drug-likeness (QED) is 0.164. The van der Waals surface area contributed by atoms with Crippen LogP contribution in [0.1, 0.15) is 5.56 Å². The Morgan fingerprint density at radius 2 is 1.12 bits per heavy atom. The Bertz CT molecular complexity index is 2900. The van der Waals surface area contributed by atoms with E-state index in [0.29, 0.717) is 11.4 Å². The Kier molecular flexibility index (Phi) is 7.52. The van der Waals surface area contributed by atoms with Gasteiger partial charge in [-0.05, 0) is 12.1 Å². The summed E-state index contributed by atoms with van der Waals surface area (Å²) in [5.74, 6) is 0.640. The number of aromatic nitrogens is 2. The van der Waals surface area contributed by atoms with E-state index in [9.17, 15) is 5.26 Å². The van der Waals surface area contributed by atoms with Gasteiger partial charge in [0.05, 0.1) is 11.6 Å². The molecule has 3 heterocycles. The van der Waals surface area contributed by atoms with E-state index in [-0.39, 0.29) is 21.2 Å². The molecule has 10 rings (SSSR count). The Balaban J connectivity index is 1.20. The molecule has 7 aromatic carbocycles. The van der Waals surface area contributed by atoms with E-state index in [0.717, 1.165) is 44.8 Å². The van der Waals surface area contributed by atoms with Gasteiger partial charge in [0, 0.05) is 0 Å². The van der Waals surface area contributed by atoms with Gasteiger partial charge in [-0.1, -0.05) is 36.4 Å². The number of thiophene rings is 1. The molecule has 0 radical (unpaired) electrons. The molecular formula is C47H27IN3S-. The van der Waals surface area contributed by atoms with Crippen molar-refractivity contribution in [1.29, 1.82) is 5.26 Å². The normalized spacial score (nSPS) is 11.9. The van der Waals surface area contributed by atoms with E-state index < -0.39 is 0 Å². The monoisotopic (exact) mass is 792 g/mol. The van der Waals surface area contributed by atoms with Gasteiger partial charge >= 0.3 is 252 Å². The molecule has 2 aromatic heterocycles. The third-order valence-corrected chi connectivity index (χ3v) is 13.8. The van der Waals surface area contributed by atoms with Crippen LogP contribution in [0.4, 0.5) is 0 Å². The molecule has 0 aliphatic carbocycles. The van der Waals surface area contributed by atoms with E-state index in [1.165, 1.54) is 44.0 Å². The SMILES string of the molecule is N#Cc1cccc(-c2cc(-c3ccccc3)nc(-c3cc(-c4ccc5c(c4)-c4ccccc4[I-]5)cc(-c4ccc5sc6ccccc6c5c4)c3)n2)c1. The maximum atomic E-state index is 9.69. The van der Waals surface area contributed by atoms with Crippen molar-refractivity contribution in [3.05, 3.63) is 176 Å². The second kappa shape index (κ2) is 12.7. The minimum absolute atomic E-state index is 0.190. The average Bonchev–Trinajstić information content (AvgIpc) is 3.78. The number of hydrogen-bond donors (Lipinski definition) is 0. The molecule has 1 aliphatic rings. The van der Waals surface area contributed by atoms with Gasteiger partial charge in [-0.25, -0.2) is 0 Å². The zero-order chi connectivity index (χ0) is 34.6. The zero-order valence-corrected chi connectivity index (χ0v) is 30.7. The van der Waals surface area contributed by atoms with Crippen LogP contribution >= 0.6 is 11.3 Å². The van der Waals surface area contributed by atoms with E-state index in [2.05, 4.69) is 121 Å². The van der Waals surface area contributed by atoms with Gasteiger partial charge in [0.1, 0.15) is 0 Å². The molecule has 0 N–H and O–H groups in total.